The van der Waals surface area contributed by atoms with Crippen LogP contribution in [0.2, 0.25) is 0 Å². The van der Waals surface area contributed by atoms with E-state index < -0.39 is 9.84 Å². The fourth-order valence-electron chi connectivity index (χ4n) is 2.64. The van der Waals surface area contributed by atoms with Crippen LogP contribution in [0.1, 0.15) is 30.4 Å². The van der Waals surface area contributed by atoms with Crippen LogP contribution in [0, 0.1) is 6.92 Å². The fourth-order valence-corrected chi connectivity index (χ4v) is 4.50. The van der Waals surface area contributed by atoms with Gasteiger partial charge in [0.15, 0.2) is 9.84 Å². The molecule has 2 rings (SSSR count). The minimum atomic E-state index is -2.96. The third-order valence-electron chi connectivity index (χ3n) is 3.79. The summed E-state index contributed by atoms with van der Waals surface area (Å²) < 4.78 is 24.7. The molecule has 0 bridgehead atoms. The molecule has 1 fully saturated rings. The monoisotopic (exact) mass is 281 g/mol. The van der Waals surface area contributed by atoms with Gasteiger partial charge in [0.1, 0.15) is 0 Å². The molecular weight excluding hydrogens is 258 g/mol. The normalized spacial score (nSPS) is 21.0. The average Bonchev–Trinajstić information content (AvgIpc) is 2.66. The Morgan fingerprint density at radius 2 is 2.11 bits per heavy atom. The van der Waals surface area contributed by atoms with Gasteiger partial charge in [0.25, 0.3) is 0 Å². The number of sulfone groups is 1. The van der Waals surface area contributed by atoms with E-state index in [9.17, 15) is 8.42 Å². The van der Waals surface area contributed by atoms with Crippen molar-refractivity contribution in [3.63, 3.8) is 0 Å². The van der Waals surface area contributed by atoms with Crippen molar-refractivity contribution in [2.75, 3.05) is 18.8 Å². The van der Waals surface area contributed by atoms with Gasteiger partial charge in [-0.1, -0.05) is 29.8 Å². The summed E-state index contributed by atoms with van der Waals surface area (Å²) in [6.45, 7) is 3.81. The summed E-state index contributed by atoms with van der Waals surface area (Å²) in [6.07, 6.45) is 3.17. The van der Waals surface area contributed by atoms with E-state index in [4.69, 9.17) is 0 Å². The largest absolute Gasteiger partial charge is 0.317 e. The summed E-state index contributed by atoms with van der Waals surface area (Å²) in [6, 6.07) is 8.11. The number of hydrogen-bond donors (Lipinski definition) is 1. The lowest BCUT2D eigenvalue weighted by molar-refractivity contribution is 0.566. The molecule has 3 nitrogen and oxygen atoms in total. The number of benzene rings is 1. The number of aryl methyl sites for hydroxylation is 2. The number of nitrogens with one attached hydrogen (secondary N) is 1. The van der Waals surface area contributed by atoms with Gasteiger partial charge in [-0.3, -0.25) is 0 Å². The summed E-state index contributed by atoms with van der Waals surface area (Å²) in [5, 5.41) is 3.12. The van der Waals surface area contributed by atoms with Crippen LogP contribution >= 0.6 is 0 Å². The van der Waals surface area contributed by atoms with Gasteiger partial charge in [-0.15, -0.1) is 0 Å². The Morgan fingerprint density at radius 3 is 2.89 bits per heavy atom. The first-order chi connectivity index (χ1) is 9.08. The Balaban J connectivity index is 1.96. The van der Waals surface area contributed by atoms with Crippen molar-refractivity contribution in [3.05, 3.63) is 35.4 Å². The van der Waals surface area contributed by atoms with E-state index in [1.54, 1.807) is 0 Å². The molecule has 106 valence electrons. The van der Waals surface area contributed by atoms with Crippen LogP contribution in [-0.2, 0) is 16.3 Å². The lowest BCUT2D eigenvalue weighted by atomic mass is 10.1. The van der Waals surface area contributed by atoms with E-state index in [1.807, 2.05) is 25.1 Å². The highest BCUT2D eigenvalue weighted by atomic mass is 32.2. The van der Waals surface area contributed by atoms with Crippen molar-refractivity contribution in [3.8, 4) is 0 Å². The predicted molar refractivity (Wildman–Crippen MR) is 79.2 cm³/mol. The second kappa shape index (κ2) is 6.53. The molecule has 1 aromatic rings. The number of hydrogen-bond acceptors (Lipinski definition) is 3. The standard InChI is InChI=1S/C15H23NO2S/c1-13-4-2-5-14(12-13)8-11-19(17,18)15-6-3-9-16-10-7-15/h2,4-5,12,15-16H,3,6-11H2,1H3. The number of rotatable bonds is 4. The Kier molecular flexibility index (Phi) is 4.99. The maximum Gasteiger partial charge on any atom is 0.153 e. The molecule has 1 atom stereocenters. The van der Waals surface area contributed by atoms with Crippen LogP contribution in [0.25, 0.3) is 0 Å². The average molecular weight is 281 g/mol. The van der Waals surface area contributed by atoms with Gasteiger partial charge in [-0.2, -0.15) is 0 Å². The van der Waals surface area contributed by atoms with Gasteiger partial charge in [0.2, 0.25) is 0 Å². The van der Waals surface area contributed by atoms with Gasteiger partial charge in [-0.25, -0.2) is 8.42 Å². The van der Waals surface area contributed by atoms with Gasteiger partial charge in [-0.05, 0) is 51.3 Å². The van der Waals surface area contributed by atoms with E-state index >= 15 is 0 Å². The van der Waals surface area contributed by atoms with Crippen molar-refractivity contribution in [1.82, 2.24) is 5.32 Å². The zero-order valence-corrected chi connectivity index (χ0v) is 12.4. The van der Waals surface area contributed by atoms with Gasteiger partial charge < -0.3 is 5.32 Å². The molecule has 0 amide bonds. The summed E-state index contributed by atoms with van der Waals surface area (Å²) in [5.41, 5.74) is 2.31. The zero-order chi connectivity index (χ0) is 13.7. The Labute approximate surface area is 116 Å². The molecular formula is C15H23NO2S. The van der Waals surface area contributed by atoms with Crippen molar-refractivity contribution in [1.29, 1.82) is 0 Å². The first-order valence-corrected chi connectivity index (χ1v) is 8.77. The quantitative estimate of drug-likeness (QED) is 0.919. The lowest BCUT2D eigenvalue weighted by Gasteiger charge is -2.14. The molecule has 0 saturated carbocycles. The van der Waals surface area contributed by atoms with Crippen molar-refractivity contribution >= 4 is 9.84 Å². The minimum Gasteiger partial charge on any atom is -0.317 e. The fraction of sp³-hybridized carbons (Fsp3) is 0.600. The molecule has 1 saturated heterocycles. The maximum absolute atomic E-state index is 12.4. The topological polar surface area (TPSA) is 46.2 Å². The third kappa shape index (κ3) is 4.32. The smallest absolute Gasteiger partial charge is 0.153 e. The predicted octanol–water partition coefficient (Wildman–Crippen LogP) is 2.09. The molecule has 0 aromatic heterocycles. The van der Waals surface area contributed by atoms with Crippen LogP contribution in [0.5, 0.6) is 0 Å². The second-order valence-corrected chi connectivity index (χ2v) is 7.81. The van der Waals surface area contributed by atoms with E-state index in [0.29, 0.717) is 6.42 Å². The summed E-state index contributed by atoms with van der Waals surface area (Å²) in [7, 11) is -2.96. The Hall–Kier alpha value is -0.870. The molecule has 0 radical (unpaired) electrons. The minimum absolute atomic E-state index is 0.146. The van der Waals surface area contributed by atoms with E-state index in [1.165, 1.54) is 5.56 Å². The molecule has 0 spiro atoms. The van der Waals surface area contributed by atoms with Crippen LogP contribution in [0.15, 0.2) is 24.3 Å². The van der Waals surface area contributed by atoms with Crippen molar-refractivity contribution in [2.45, 2.75) is 37.9 Å². The SMILES string of the molecule is Cc1cccc(CCS(=O)(=O)C2CCCNCC2)c1. The van der Waals surface area contributed by atoms with Crippen molar-refractivity contribution in [2.24, 2.45) is 0 Å². The highest BCUT2D eigenvalue weighted by Crippen LogP contribution is 2.17. The molecule has 1 aliphatic heterocycles. The Morgan fingerprint density at radius 1 is 1.26 bits per heavy atom. The van der Waals surface area contributed by atoms with Crippen LogP contribution < -0.4 is 5.32 Å². The zero-order valence-electron chi connectivity index (χ0n) is 11.6. The molecule has 0 aliphatic carbocycles. The molecule has 19 heavy (non-hydrogen) atoms. The first kappa shape index (κ1) is 14.5. The molecule has 1 aliphatic rings. The van der Waals surface area contributed by atoms with Crippen molar-refractivity contribution < 1.29 is 8.42 Å². The lowest BCUT2D eigenvalue weighted by Crippen LogP contribution is -2.26. The molecule has 4 heteroatoms. The summed E-state index contributed by atoms with van der Waals surface area (Å²) >= 11 is 0. The van der Waals surface area contributed by atoms with E-state index in [2.05, 4.69) is 11.4 Å². The van der Waals surface area contributed by atoms with E-state index in [-0.39, 0.29) is 11.0 Å². The summed E-state index contributed by atoms with van der Waals surface area (Å²) in [4.78, 5) is 0. The highest BCUT2D eigenvalue weighted by molar-refractivity contribution is 7.92. The molecule has 1 unspecified atom stereocenters. The van der Waals surface area contributed by atoms with Crippen LogP contribution in [0.4, 0.5) is 0 Å². The molecule has 1 N–H and O–H groups in total. The Bertz CT molecular complexity index is 503. The second-order valence-electron chi connectivity index (χ2n) is 5.41. The molecule has 1 heterocycles. The van der Waals surface area contributed by atoms with Gasteiger partial charge in [0.05, 0.1) is 11.0 Å². The van der Waals surface area contributed by atoms with Gasteiger partial charge >= 0.3 is 0 Å². The molecule has 1 aromatic carbocycles. The first-order valence-electron chi connectivity index (χ1n) is 7.06. The summed E-state index contributed by atoms with van der Waals surface area (Å²) in [5.74, 6) is 0.279. The third-order valence-corrected chi connectivity index (χ3v) is 6.05. The van der Waals surface area contributed by atoms with Crippen LogP contribution in [-0.4, -0.2) is 32.5 Å². The highest BCUT2D eigenvalue weighted by Gasteiger charge is 2.25. The maximum atomic E-state index is 12.4. The van der Waals surface area contributed by atoms with E-state index in [0.717, 1.165) is 37.9 Å². The van der Waals surface area contributed by atoms with Gasteiger partial charge in [0, 0.05) is 0 Å². The van der Waals surface area contributed by atoms with Crippen LogP contribution in [0.3, 0.4) is 0 Å².